The number of rotatable bonds is 2. The van der Waals surface area contributed by atoms with Gasteiger partial charge < -0.3 is 15.0 Å². The molecule has 1 aromatic rings. The zero-order valence-electron chi connectivity index (χ0n) is 17.0. The smallest absolute Gasteiger partial charge is 0.410 e. The molecule has 2 aliphatic heterocycles. The SMILES string of the molecule is Cc1nn(C2CCCN(C(=O)OC(C)(C)C)C2)c(C)c1C1CCCNC1. The molecule has 3 rings (SSSR count). The maximum atomic E-state index is 12.5. The van der Waals surface area contributed by atoms with Gasteiger partial charge in [-0.25, -0.2) is 4.79 Å². The first-order valence-electron chi connectivity index (χ1n) is 10.0. The van der Waals surface area contributed by atoms with Gasteiger partial charge in [0, 0.05) is 36.8 Å². The topological polar surface area (TPSA) is 59.4 Å². The monoisotopic (exact) mass is 362 g/mol. The fourth-order valence-corrected chi connectivity index (χ4v) is 4.37. The zero-order valence-corrected chi connectivity index (χ0v) is 17.0. The van der Waals surface area contributed by atoms with Crippen molar-refractivity contribution in [3.05, 3.63) is 17.0 Å². The summed E-state index contributed by atoms with van der Waals surface area (Å²) in [7, 11) is 0. The van der Waals surface area contributed by atoms with Gasteiger partial charge in [0.25, 0.3) is 0 Å². The third-order valence-corrected chi connectivity index (χ3v) is 5.48. The van der Waals surface area contributed by atoms with Crippen LogP contribution >= 0.6 is 0 Å². The second-order valence-corrected chi connectivity index (χ2v) is 8.79. The van der Waals surface area contributed by atoms with E-state index in [1.807, 2.05) is 25.7 Å². The summed E-state index contributed by atoms with van der Waals surface area (Å²) in [6.45, 7) is 13.7. The Hall–Kier alpha value is -1.56. The van der Waals surface area contributed by atoms with Crippen molar-refractivity contribution in [3.8, 4) is 0 Å². The summed E-state index contributed by atoms with van der Waals surface area (Å²) < 4.78 is 7.74. The van der Waals surface area contributed by atoms with E-state index in [4.69, 9.17) is 9.84 Å². The van der Waals surface area contributed by atoms with Crippen LogP contribution in [0.4, 0.5) is 4.79 Å². The van der Waals surface area contributed by atoms with Crippen LogP contribution in [0.25, 0.3) is 0 Å². The zero-order chi connectivity index (χ0) is 18.9. The van der Waals surface area contributed by atoms with Gasteiger partial charge in [-0.3, -0.25) is 4.68 Å². The summed E-state index contributed by atoms with van der Waals surface area (Å²) in [6, 6.07) is 0.236. The highest BCUT2D eigenvalue weighted by atomic mass is 16.6. The van der Waals surface area contributed by atoms with E-state index in [2.05, 4.69) is 23.8 Å². The number of carbonyl (C=O) groups is 1. The highest BCUT2D eigenvalue weighted by molar-refractivity contribution is 5.68. The average molecular weight is 363 g/mol. The average Bonchev–Trinajstić information content (AvgIpc) is 2.89. The largest absolute Gasteiger partial charge is 0.444 e. The molecule has 3 heterocycles. The lowest BCUT2D eigenvalue weighted by molar-refractivity contribution is 0.0166. The fraction of sp³-hybridized carbons (Fsp3) is 0.800. The van der Waals surface area contributed by atoms with Crippen LogP contribution in [-0.4, -0.2) is 52.6 Å². The van der Waals surface area contributed by atoms with E-state index in [0.717, 1.165) is 38.2 Å². The molecule has 1 amide bonds. The molecule has 2 aliphatic rings. The van der Waals surface area contributed by atoms with Gasteiger partial charge in [-0.2, -0.15) is 5.10 Å². The summed E-state index contributed by atoms with van der Waals surface area (Å²) in [4.78, 5) is 14.3. The number of carbonyl (C=O) groups excluding carboxylic acids is 1. The molecular formula is C20H34N4O2. The van der Waals surface area contributed by atoms with E-state index in [0.29, 0.717) is 12.5 Å². The number of amides is 1. The maximum Gasteiger partial charge on any atom is 0.410 e. The number of aromatic nitrogens is 2. The van der Waals surface area contributed by atoms with Gasteiger partial charge in [-0.1, -0.05) is 0 Å². The molecule has 2 fully saturated rings. The quantitative estimate of drug-likeness (QED) is 0.874. The van der Waals surface area contributed by atoms with Crippen LogP contribution in [0.3, 0.4) is 0 Å². The van der Waals surface area contributed by atoms with E-state index in [1.165, 1.54) is 24.1 Å². The Balaban J connectivity index is 1.75. The summed E-state index contributed by atoms with van der Waals surface area (Å²) in [5, 5.41) is 8.40. The van der Waals surface area contributed by atoms with E-state index in [9.17, 15) is 4.79 Å². The first-order chi connectivity index (χ1) is 12.3. The number of likely N-dealkylation sites (tertiary alicyclic amines) is 1. The van der Waals surface area contributed by atoms with Gasteiger partial charge in [-0.05, 0) is 66.8 Å². The van der Waals surface area contributed by atoms with Crippen LogP contribution in [0.1, 0.15) is 75.4 Å². The van der Waals surface area contributed by atoms with Crippen molar-refractivity contribution in [2.75, 3.05) is 26.2 Å². The van der Waals surface area contributed by atoms with Crippen LogP contribution in [0.15, 0.2) is 0 Å². The lowest BCUT2D eigenvalue weighted by atomic mass is 9.90. The Bertz CT molecular complexity index is 641. The van der Waals surface area contributed by atoms with Gasteiger partial charge in [-0.15, -0.1) is 0 Å². The maximum absolute atomic E-state index is 12.5. The second kappa shape index (κ2) is 7.59. The Morgan fingerprint density at radius 1 is 1.23 bits per heavy atom. The van der Waals surface area contributed by atoms with Crippen molar-refractivity contribution in [2.45, 2.75) is 77.9 Å². The van der Waals surface area contributed by atoms with Gasteiger partial charge in [0.15, 0.2) is 0 Å². The lowest BCUT2D eigenvalue weighted by Crippen LogP contribution is -2.43. The second-order valence-electron chi connectivity index (χ2n) is 8.79. The van der Waals surface area contributed by atoms with Crippen molar-refractivity contribution >= 4 is 6.09 Å². The van der Waals surface area contributed by atoms with Crippen LogP contribution in [0, 0.1) is 13.8 Å². The summed E-state index contributed by atoms with van der Waals surface area (Å²) in [6.07, 6.45) is 4.30. The Kier molecular flexibility index (Phi) is 5.61. The van der Waals surface area contributed by atoms with Crippen LogP contribution in [0.5, 0.6) is 0 Å². The number of hydrogen-bond acceptors (Lipinski definition) is 4. The number of aryl methyl sites for hydroxylation is 1. The summed E-state index contributed by atoms with van der Waals surface area (Å²) >= 11 is 0. The number of nitrogens with zero attached hydrogens (tertiary/aromatic N) is 3. The fourth-order valence-electron chi connectivity index (χ4n) is 4.37. The highest BCUT2D eigenvalue weighted by Crippen LogP contribution is 2.32. The lowest BCUT2D eigenvalue weighted by Gasteiger charge is -2.34. The minimum Gasteiger partial charge on any atom is -0.444 e. The molecule has 2 saturated heterocycles. The van der Waals surface area contributed by atoms with Gasteiger partial charge in [0.05, 0.1) is 11.7 Å². The van der Waals surface area contributed by atoms with Crippen LogP contribution < -0.4 is 5.32 Å². The normalized spacial score (nSPS) is 24.6. The third kappa shape index (κ3) is 4.22. The van der Waals surface area contributed by atoms with Crippen molar-refractivity contribution in [2.24, 2.45) is 0 Å². The highest BCUT2D eigenvalue weighted by Gasteiger charge is 2.31. The molecule has 0 spiro atoms. The Morgan fingerprint density at radius 2 is 2.00 bits per heavy atom. The molecule has 0 aliphatic carbocycles. The first kappa shape index (κ1) is 19.2. The van der Waals surface area contributed by atoms with Gasteiger partial charge in [0.2, 0.25) is 0 Å². The number of ether oxygens (including phenoxy) is 1. The van der Waals surface area contributed by atoms with Gasteiger partial charge in [0.1, 0.15) is 5.60 Å². The van der Waals surface area contributed by atoms with E-state index in [1.54, 1.807) is 0 Å². The molecule has 2 unspecified atom stereocenters. The van der Waals surface area contributed by atoms with Gasteiger partial charge >= 0.3 is 6.09 Å². The minimum absolute atomic E-state index is 0.208. The molecule has 0 bridgehead atoms. The number of nitrogens with one attached hydrogen (secondary N) is 1. The van der Waals surface area contributed by atoms with E-state index in [-0.39, 0.29) is 12.1 Å². The molecule has 26 heavy (non-hydrogen) atoms. The molecule has 6 heteroatoms. The molecule has 2 atom stereocenters. The van der Waals surface area contributed by atoms with E-state index >= 15 is 0 Å². The Labute approximate surface area is 157 Å². The molecule has 0 aromatic carbocycles. The summed E-state index contributed by atoms with van der Waals surface area (Å²) in [5.74, 6) is 0.558. The predicted octanol–water partition coefficient (Wildman–Crippen LogP) is 3.54. The standard InChI is InChI=1S/C20H34N4O2/c1-14-18(16-8-6-10-21-12-16)15(2)24(22-14)17-9-7-11-23(13-17)19(25)26-20(3,4)5/h16-17,21H,6-13H2,1-5H3. The van der Waals surface area contributed by atoms with Crippen molar-refractivity contribution in [1.82, 2.24) is 20.0 Å². The molecular weight excluding hydrogens is 328 g/mol. The molecule has 6 nitrogen and oxygen atoms in total. The van der Waals surface area contributed by atoms with Crippen molar-refractivity contribution in [3.63, 3.8) is 0 Å². The Morgan fingerprint density at radius 3 is 2.65 bits per heavy atom. The molecule has 0 saturated carbocycles. The predicted molar refractivity (Wildman–Crippen MR) is 103 cm³/mol. The summed E-state index contributed by atoms with van der Waals surface area (Å²) in [5.41, 5.74) is 3.37. The molecule has 0 radical (unpaired) electrons. The van der Waals surface area contributed by atoms with Crippen LogP contribution in [0.2, 0.25) is 0 Å². The minimum atomic E-state index is -0.455. The number of piperidine rings is 2. The first-order valence-corrected chi connectivity index (χ1v) is 10.0. The van der Waals surface area contributed by atoms with Crippen LogP contribution in [-0.2, 0) is 4.74 Å². The molecule has 146 valence electrons. The molecule has 1 aromatic heterocycles. The molecule has 1 N–H and O–H groups in total. The number of hydrogen-bond donors (Lipinski definition) is 1. The van der Waals surface area contributed by atoms with E-state index < -0.39 is 5.60 Å². The van der Waals surface area contributed by atoms with Crippen molar-refractivity contribution < 1.29 is 9.53 Å². The third-order valence-electron chi connectivity index (χ3n) is 5.48. The van der Waals surface area contributed by atoms with Crippen molar-refractivity contribution in [1.29, 1.82) is 0 Å².